The van der Waals surface area contributed by atoms with Crippen LogP contribution in [0.15, 0.2) is 0 Å². The molecule has 92 valence electrons. The van der Waals surface area contributed by atoms with Crippen molar-refractivity contribution in [2.24, 2.45) is 0 Å². The number of carbonyl (C=O) groups excluding carboxylic acids is 2. The first-order valence-corrected chi connectivity index (χ1v) is 4.71. The number of amides is 1. The molecule has 1 amide bonds. The lowest BCUT2D eigenvalue weighted by atomic mass is 10.3. The average molecular weight is 234 g/mol. The van der Waals surface area contributed by atoms with Gasteiger partial charge in [-0.15, -0.1) is 10.1 Å². The Bertz CT molecular complexity index is 245. The van der Waals surface area contributed by atoms with Crippen molar-refractivity contribution in [1.29, 1.82) is 0 Å². The third kappa shape index (κ3) is 7.54. The molecular formula is C8H14N2O6. The molecule has 16 heavy (non-hydrogen) atoms. The number of unbranched alkanes of at least 4 members (excludes halogenated alkanes) is 1. The summed E-state index contributed by atoms with van der Waals surface area (Å²) in [5.41, 5.74) is 0. The lowest BCUT2D eigenvalue weighted by Gasteiger charge is -2.09. The highest BCUT2D eigenvalue weighted by molar-refractivity contribution is 5.77. The third-order valence-electron chi connectivity index (χ3n) is 1.65. The van der Waals surface area contributed by atoms with Gasteiger partial charge in [0.1, 0.15) is 6.04 Å². The van der Waals surface area contributed by atoms with Crippen LogP contribution in [-0.2, 0) is 19.2 Å². The fraction of sp³-hybridized carbons (Fsp3) is 0.750. The fourth-order valence-corrected chi connectivity index (χ4v) is 0.811. The van der Waals surface area contributed by atoms with Crippen LogP contribution in [0.1, 0.15) is 19.8 Å². The van der Waals surface area contributed by atoms with E-state index in [4.69, 9.17) is 4.74 Å². The first-order valence-electron chi connectivity index (χ1n) is 4.71. The van der Waals surface area contributed by atoms with Crippen LogP contribution in [0.25, 0.3) is 0 Å². The molecule has 0 aliphatic carbocycles. The summed E-state index contributed by atoms with van der Waals surface area (Å²) in [5.74, 6) is -0.540. The van der Waals surface area contributed by atoms with E-state index in [2.05, 4.69) is 10.2 Å². The zero-order valence-electron chi connectivity index (χ0n) is 8.88. The van der Waals surface area contributed by atoms with Gasteiger partial charge >= 0.3 is 5.97 Å². The van der Waals surface area contributed by atoms with Crippen LogP contribution in [0.2, 0.25) is 0 Å². The highest BCUT2D eigenvalue weighted by Crippen LogP contribution is 1.94. The molecule has 0 aromatic carbocycles. The van der Waals surface area contributed by atoms with Crippen LogP contribution < -0.4 is 5.32 Å². The summed E-state index contributed by atoms with van der Waals surface area (Å²) >= 11 is 0. The highest BCUT2D eigenvalue weighted by Gasteiger charge is 2.12. The molecule has 8 heteroatoms. The first-order chi connectivity index (χ1) is 7.57. The minimum Gasteiger partial charge on any atom is -0.464 e. The fourth-order valence-electron chi connectivity index (χ4n) is 0.811. The monoisotopic (exact) mass is 234 g/mol. The second kappa shape index (κ2) is 8.45. The molecule has 0 heterocycles. The highest BCUT2D eigenvalue weighted by atomic mass is 16.9. The molecule has 0 spiro atoms. The Kier molecular flexibility index (Phi) is 7.47. The smallest absolute Gasteiger partial charge is 0.328 e. The number of carbonyl (C=O) groups is 2. The van der Waals surface area contributed by atoms with Crippen LogP contribution >= 0.6 is 0 Å². The molecule has 0 fully saturated rings. The van der Waals surface area contributed by atoms with E-state index in [0.29, 0.717) is 19.3 Å². The Balaban J connectivity index is 3.40. The first kappa shape index (κ1) is 14.1. The molecule has 0 aliphatic heterocycles. The Morgan fingerprint density at radius 2 is 2.12 bits per heavy atom. The van der Waals surface area contributed by atoms with Gasteiger partial charge in [0, 0.05) is 0 Å². The number of hydrogen-bond donors (Lipinski definition) is 1. The van der Waals surface area contributed by atoms with Gasteiger partial charge < -0.3 is 14.9 Å². The Labute approximate surface area is 92.0 Å². The average Bonchev–Trinajstić information content (AvgIpc) is 2.22. The molecular weight excluding hydrogens is 220 g/mol. The number of hydrogen-bond acceptors (Lipinski definition) is 6. The van der Waals surface area contributed by atoms with Gasteiger partial charge in [-0.05, 0) is 19.8 Å². The van der Waals surface area contributed by atoms with Crippen LogP contribution in [0, 0.1) is 10.1 Å². The standard InChI is InChI=1S/C8H14N2O6/c1-7(9-6-11)8(12)15-4-2-3-5-16-10(13)14/h6-7H,2-5H2,1H3,(H,9,11). The summed E-state index contributed by atoms with van der Waals surface area (Å²) in [6.45, 7) is 1.62. The second-order valence-corrected chi connectivity index (χ2v) is 2.94. The van der Waals surface area contributed by atoms with Gasteiger partial charge in [-0.2, -0.15) is 0 Å². The van der Waals surface area contributed by atoms with E-state index >= 15 is 0 Å². The molecule has 0 aromatic heterocycles. The molecule has 0 radical (unpaired) electrons. The zero-order valence-corrected chi connectivity index (χ0v) is 8.88. The van der Waals surface area contributed by atoms with Gasteiger partial charge in [-0.25, -0.2) is 4.79 Å². The molecule has 0 saturated heterocycles. The predicted octanol–water partition coefficient (Wildman–Crippen LogP) is -0.347. The molecule has 1 N–H and O–H groups in total. The van der Waals surface area contributed by atoms with Crippen LogP contribution in [0.5, 0.6) is 0 Å². The third-order valence-corrected chi connectivity index (χ3v) is 1.65. The van der Waals surface area contributed by atoms with E-state index in [1.807, 2.05) is 0 Å². The van der Waals surface area contributed by atoms with Crippen molar-refractivity contribution >= 4 is 12.4 Å². The van der Waals surface area contributed by atoms with Crippen molar-refractivity contribution in [2.45, 2.75) is 25.8 Å². The van der Waals surface area contributed by atoms with Crippen LogP contribution in [0.3, 0.4) is 0 Å². The molecule has 0 aromatic rings. The van der Waals surface area contributed by atoms with Gasteiger partial charge in [0.15, 0.2) is 0 Å². The lowest BCUT2D eigenvalue weighted by Crippen LogP contribution is -2.34. The maximum atomic E-state index is 11.1. The number of ether oxygens (including phenoxy) is 1. The molecule has 0 bridgehead atoms. The van der Waals surface area contributed by atoms with Crippen molar-refractivity contribution < 1.29 is 24.3 Å². The van der Waals surface area contributed by atoms with Crippen molar-refractivity contribution in [2.75, 3.05) is 13.2 Å². The SMILES string of the molecule is CC(NC=O)C(=O)OCCCCO[N+](=O)[O-]. The topological polar surface area (TPSA) is 108 Å². The second-order valence-electron chi connectivity index (χ2n) is 2.94. The molecule has 1 atom stereocenters. The van der Waals surface area contributed by atoms with Crippen molar-refractivity contribution in [3.05, 3.63) is 10.1 Å². The van der Waals surface area contributed by atoms with Crippen molar-refractivity contribution in [3.8, 4) is 0 Å². The Hall–Kier alpha value is -1.86. The molecule has 0 aliphatic rings. The maximum Gasteiger partial charge on any atom is 0.328 e. The van der Waals surface area contributed by atoms with E-state index in [-0.39, 0.29) is 13.2 Å². The quantitative estimate of drug-likeness (QED) is 0.192. The van der Waals surface area contributed by atoms with E-state index in [9.17, 15) is 19.7 Å². The van der Waals surface area contributed by atoms with Gasteiger partial charge in [-0.1, -0.05) is 0 Å². The van der Waals surface area contributed by atoms with Crippen LogP contribution in [0.4, 0.5) is 0 Å². The predicted molar refractivity (Wildman–Crippen MR) is 51.8 cm³/mol. The zero-order chi connectivity index (χ0) is 12.4. The summed E-state index contributed by atoms with van der Waals surface area (Å²) in [6, 6.07) is -0.687. The summed E-state index contributed by atoms with van der Waals surface area (Å²) in [6.07, 6.45) is 1.30. The van der Waals surface area contributed by atoms with E-state index < -0.39 is 17.1 Å². The van der Waals surface area contributed by atoms with Gasteiger partial charge in [-0.3, -0.25) is 4.79 Å². The number of nitrogens with zero attached hydrogens (tertiary/aromatic N) is 1. The number of nitrogens with one attached hydrogen (secondary N) is 1. The molecule has 8 nitrogen and oxygen atoms in total. The van der Waals surface area contributed by atoms with E-state index in [1.54, 1.807) is 0 Å². The van der Waals surface area contributed by atoms with Gasteiger partial charge in [0.05, 0.1) is 13.2 Å². The van der Waals surface area contributed by atoms with Crippen molar-refractivity contribution in [1.82, 2.24) is 5.32 Å². The summed E-state index contributed by atoms with van der Waals surface area (Å²) in [4.78, 5) is 34.9. The van der Waals surface area contributed by atoms with Gasteiger partial charge in [0.25, 0.3) is 5.09 Å². The minimum atomic E-state index is -0.873. The summed E-state index contributed by atoms with van der Waals surface area (Å²) in [7, 11) is 0. The Morgan fingerprint density at radius 1 is 1.50 bits per heavy atom. The normalized spacial score (nSPS) is 11.3. The Morgan fingerprint density at radius 3 is 2.69 bits per heavy atom. The maximum absolute atomic E-state index is 11.1. The lowest BCUT2D eigenvalue weighted by molar-refractivity contribution is -0.757. The van der Waals surface area contributed by atoms with Crippen molar-refractivity contribution in [3.63, 3.8) is 0 Å². The largest absolute Gasteiger partial charge is 0.464 e. The molecule has 1 unspecified atom stereocenters. The summed E-state index contributed by atoms with van der Waals surface area (Å²) < 4.78 is 4.78. The number of esters is 1. The minimum absolute atomic E-state index is 0.0211. The molecule has 0 saturated carbocycles. The number of rotatable bonds is 9. The van der Waals surface area contributed by atoms with Crippen LogP contribution in [-0.4, -0.2) is 36.7 Å². The van der Waals surface area contributed by atoms with E-state index in [1.165, 1.54) is 6.92 Å². The van der Waals surface area contributed by atoms with Gasteiger partial charge in [0.2, 0.25) is 6.41 Å². The molecule has 0 rings (SSSR count). The summed E-state index contributed by atoms with van der Waals surface area (Å²) in [5, 5.41) is 11.1. The van der Waals surface area contributed by atoms with E-state index in [0.717, 1.165) is 0 Å².